The minimum Gasteiger partial charge on any atom is -0.369 e. The van der Waals surface area contributed by atoms with Gasteiger partial charge in [-0.3, -0.25) is 0 Å². The summed E-state index contributed by atoms with van der Waals surface area (Å²) in [4.78, 5) is 4.46. The van der Waals surface area contributed by atoms with Gasteiger partial charge in [-0.25, -0.2) is 4.98 Å². The van der Waals surface area contributed by atoms with Crippen LogP contribution in [0.3, 0.4) is 0 Å². The topological polar surface area (TPSA) is 43.8 Å². The molecule has 2 aromatic rings. The Morgan fingerprint density at radius 2 is 2.18 bits per heavy atom. The SMILES string of the molecule is CCC1(Cn2c(N)nc3cccc(C)c32)CC1. The Morgan fingerprint density at radius 3 is 2.82 bits per heavy atom. The number of hydrogen-bond donors (Lipinski definition) is 1. The second-order valence-electron chi connectivity index (χ2n) is 5.35. The van der Waals surface area contributed by atoms with Crippen LogP contribution in [0.25, 0.3) is 11.0 Å². The highest BCUT2D eigenvalue weighted by molar-refractivity contribution is 5.81. The van der Waals surface area contributed by atoms with Crippen molar-refractivity contribution in [3.63, 3.8) is 0 Å². The van der Waals surface area contributed by atoms with Crippen molar-refractivity contribution in [2.45, 2.75) is 39.7 Å². The van der Waals surface area contributed by atoms with Gasteiger partial charge in [-0.1, -0.05) is 19.1 Å². The molecule has 90 valence electrons. The van der Waals surface area contributed by atoms with E-state index in [0.29, 0.717) is 11.4 Å². The van der Waals surface area contributed by atoms with Crippen molar-refractivity contribution in [3.8, 4) is 0 Å². The number of para-hydroxylation sites is 1. The third-order valence-electron chi connectivity index (χ3n) is 4.20. The van der Waals surface area contributed by atoms with Crippen LogP contribution in [0.4, 0.5) is 5.95 Å². The van der Waals surface area contributed by atoms with Crippen molar-refractivity contribution in [2.24, 2.45) is 5.41 Å². The van der Waals surface area contributed by atoms with Crippen LogP contribution in [0, 0.1) is 12.3 Å². The molecule has 3 nitrogen and oxygen atoms in total. The Bertz CT molecular complexity index is 564. The molecule has 1 heterocycles. The van der Waals surface area contributed by atoms with Crippen LogP contribution in [0.15, 0.2) is 18.2 Å². The summed E-state index contributed by atoms with van der Waals surface area (Å²) in [5.41, 5.74) is 10.1. The van der Waals surface area contributed by atoms with Gasteiger partial charge in [-0.2, -0.15) is 0 Å². The number of aromatic nitrogens is 2. The molecule has 3 heteroatoms. The summed E-state index contributed by atoms with van der Waals surface area (Å²) < 4.78 is 2.21. The van der Waals surface area contributed by atoms with E-state index < -0.39 is 0 Å². The van der Waals surface area contributed by atoms with E-state index in [9.17, 15) is 0 Å². The summed E-state index contributed by atoms with van der Waals surface area (Å²) in [5.74, 6) is 0.661. The molecule has 0 aliphatic heterocycles. The van der Waals surface area contributed by atoms with E-state index in [1.807, 2.05) is 12.1 Å². The van der Waals surface area contributed by atoms with Crippen molar-refractivity contribution < 1.29 is 0 Å². The number of fused-ring (bicyclic) bond motifs is 1. The van der Waals surface area contributed by atoms with E-state index in [0.717, 1.165) is 12.1 Å². The molecule has 1 aromatic carbocycles. The predicted molar refractivity (Wildman–Crippen MR) is 70.8 cm³/mol. The van der Waals surface area contributed by atoms with Crippen LogP contribution < -0.4 is 5.73 Å². The van der Waals surface area contributed by atoms with Crippen LogP contribution in [0.5, 0.6) is 0 Å². The van der Waals surface area contributed by atoms with E-state index in [1.165, 1.54) is 30.3 Å². The third kappa shape index (κ3) is 1.61. The van der Waals surface area contributed by atoms with Gasteiger partial charge in [0.1, 0.15) is 0 Å². The van der Waals surface area contributed by atoms with Crippen molar-refractivity contribution in [2.75, 3.05) is 5.73 Å². The van der Waals surface area contributed by atoms with E-state index in [4.69, 9.17) is 5.73 Å². The van der Waals surface area contributed by atoms with Gasteiger partial charge in [-0.15, -0.1) is 0 Å². The van der Waals surface area contributed by atoms with E-state index in [2.05, 4.69) is 29.5 Å². The molecule has 0 amide bonds. The highest BCUT2D eigenvalue weighted by Crippen LogP contribution is 2.50. The molecule has 0 radical (unpaired) electrons. The van der Waals surface area contributed by atoms with Crippen LogP contribution in [0.2, 0.25) is 0 Å². The van der Waals surface area contributed by atoms with E-state index in [-0.39, 0.29) is 0 Å². The average molecular weight is 229 g/mol. The third-order valence-corrected chi connectivity index (χ3v) is 4.20. The molecular weight excluding hydrogens is 210 g/mol. The fraction of sp³-hybridized carbons (Fsp3) is 0.500. The van der Waals surface area contributed by atoms with Crippen LogP contribution in [0.1, 0.15) is 31.7 Å². The molecule has 1 fully saturated rings. The fourth-order valence-electron chi connectivity index (χ4n) is 2.68. The Labute approximate surface area is 102 Å². The second-order valence-corrected chi connectivity index (χ2v) is 5.35. The molecule has 1 aromatic heterocycles. The molecule has 1 aliphatic carbocycles. The minimum absolute atomic E-state index is 0.490. The summed E-state index contributed by atoms with van der Waals surface area (Å²) in [5, 5.41) is 0. The number of nitrogen functional groups attached to an aromatic ring is 1. The van der Waals surface area contributed by atoms with Gasteiger partial charge >= 0.3 is 0 Å². The Hall–Kier alpha value is -1.51. The van der Waals surface area contributed by atoms with Crippen molar-refractivity contribution >= 4 is 17.0 Å². The average Bonchev–Trinajstić information content (AvgIpc) is 3.00. The van der Waals surface area contributed by atoms with Crippen LogP contribution in [-0.2, 0) is 6.54 Å². The smallest absolute Gasteiger partial charge is 0.201 e. The highest BCUT2D eigenvalue weighted by atomic mass is 15.2. The van der Waals surface area contributed by atoms with Crippen LogP contribution in [-0.4, -0.2) is 9.55 Å². The number of nitrogens with two attached hydrogens (primary N) is 1. The van der Waals surface area contributed by atoms with Gasteiger partial charge < -0.3 is 10.3 Å². The maximum Gasteiger partial charge on any atom is 0.201 e. The first-order valence-electron chi connectivity index (χ1n) is 6.36. The molecule has 0 spiro atoms. The molecule has 0 atom stereocenters. The summed E-state index contributed by atoms with van der Waals surface area (Å²) >= 11 is 0. The normalized spacial score (nSPS) is 17.5. The van der Waals surface area contributed by atoms with E-state index >= 15 is 0 Å². The van der Waals surface area contributed by atoms with Crippen LogP contribution >= 0.6 is 0 Å². The maximum atomic E-state index is 6.06. The molecule has 3 rings (SSSR count). The predicted octanol–water partition coefficient (Wildman–Crippen LogP) is 3.12. The molecule has 17 heavy (non-hydrogen) atoms. The van der Waals surface area contributed by atoms with Crippen molar-refractivity contribution in [3.05, 3.63) is 23.8 Å². The lowest BCUT2D eigenvalue weighted by atomic mass is 10.0. The standard InChI is InChI=1S/C14H19N3/c1-3-14(7-8-14)9-17-12-10(2)5-4-6-11(12)16-13(17)15/h4-6H,3,7-9H2,1-2H3,(H2,15,16). The number of rotatable bonds is 3. The van der Waals surface area contributed by atoms with Gasteiger partial charge in [0.05, 0.1) is 11.0 Å². The first-order chi connectivity index (χ1) is 8.15. The molecule has 0 saturated heterocycles. The minimum atomic E-state index is 0.490. The largest absolute Gasteiger partial charge is 0.369 e. The molecule has 0 unspecified atom stereocenters. The van der Waals surface area contributed by atoms with Crippen molar-refractivity contribution in [1.82, 2.24) is 9.55 Å². The maximum absolute atomic E-state index is 6.06. The Balaban J connectivity index is 2.12. The fourth-order valence-corrected chi connectivity index (χ4v) is 2.68. The summed E-state index contributed by atoms with van der Waals surface area (Å²) in [7, 11) is 0. The van der Waals surface area contributed by atoms with Gasteiger partial charge in [0.15, 0.2) is 0 Å². The van der Waals surface area contributed by atoms with Gasteiger partial charge in [0.25, 0.3) is 0 Å². The van der Waals surface area contributed by atoms with Crippen molar-refractivity contribution in [1.29, 1.82) is 0 Å². The van der Waals surface area contributed by atoms with Gasteiger partial charge in [0.2, 0.25) is 5.95 Å². The number of nitrogens with zero attached hydrogens (tertiary/aromatic N) is 2. The first kappa shape index (κ1) is 10.6. The summed E-state index contributed by atoms with van der Waals surface area (Å²) in [6.45, 7) is 5.43. The zero-order chi connectivity index (χ0) is 12.0. The van der Waals surface area contributed by atoms with Gasteiger partial charge in [0, 0.05) is 6.54 Å². The molecule has 0 bridgehead atoms. The first-order valence-corrected chi connectivity index (χ1v) is 6.36. The Morgan fingerprint density at radius 1 is 1.41 bits per heavy atom. The zero-order valence-corrected chi connectivity index (χ0v) is 10.5. The molecule has 2 N–H and O–H groups in total. The van der Waals surface area contributed by atoms with E-state index in [1.54, 1.807) is 0 Å². The quantitative estimate of drug-likeness (QED) is 0.878. The highest BCUT2D eigenvalue weighted by Gasteiger charge is 2.41. The summed E-state index contributed by atoms with van der Waals surface area (Å²) in [6.07, 6.45) is 3.89. The molecule has 1 aliphatic rings. The number of aryl methyl sites for hydroxylation is 1. The zero-order valence-electron chi connectivity index (χ0n) is 10.5. The lowest BCUT2D eigenvalue weighted by Gasteiger charge is -2.15. The van der Waals surface area contributed by atoms with Gasteiger partial charge in [-0.05, 0) is 43.2 Å². The summed E-state index contributed by atoms with van der Waals surface area (Å²) in [6, 6.07) is 6.22. The molecular formula is C14H19N3. The number of benzene rings is 1. The monoisotopic (exact) mass is 229 g/mol. The lowest BCUT2D eigenvalue weighted by Crippen LogP contribution is -2.13. The number of imidazole rings is 1. The second kappa shape index (κ2) is 3.49. The molecule has 1 saturated carbocycles. The number of hydrogen-bond acceptors (Lipinski definition) is 2. The lowest BCUT2D eigenvalue weighted by molar-refractivity contribution is 0.418. The Kier molecular flexibility index (Phi) is 2.18. The number of anilines is 1.